The van der Waals surface area contributed by atoms with Crippen LogP contribution in [0.4, 0.5) is 0 Å². The minimum Gasteiger partial charge on any atom is -0.294 e. The molecule has 0 spiro atoms. The largest absolute Gasteiger partial charge is 0.294 e. The van der Waals surface area contributed by atoms with Gasteiger partial charge in [0.05, 0.1) is 0 Å². The molecular formula is C21H22O. The van der Waals surface area contributed by atoms with Crippen LogP contribution in [-0.4, -0.2) is 5.78 Å². The number of carbonyl (C=O) groups excluding carboxylic acids is 1. The molecule has 0 amide bonds. The maximum atomic E-state index is 12.5. The summed E-state index contributed by atoms with van der Waals surface area (Å²) in [6.45, 7) is 7.95. The summed E-state index contributed by atoms with van der Waals surface area (Å²) in [6, 6.07) is 19.7. The topological polar surface area (TPSA) is 17.1 Å². The number of hydrogen-bond donors (Lipinski definition) is 0. The highest BCUT2D eigenvalue weighted by Gasteiger charge is 2.17. The Kier molecular flexibility index (Phi) is 5.91. The molecule has 0 fully saturated rings. The molecule has 0 aliphatic rings. The molecular weight excluding hydrogens is 268 g/mol. The second-order valence-corrected chi connectivity index (χ2v) is 5.51. The lowest BCUT2D eigenvalue weighted by Gasteiger charge is -2.13. The summed E-state index contributed by atoms with van der Waals surface area (Å²) in [5.41, 5.74) is 3.13. The molecule has 0 saturated carbocycles. The maximum Gasteiger partial charge on any atom is 0.169 e. The number of hydrogen-bond acceptors (Lipinski definition) is 1. The van der Waals surface area contributed by atoms with Crippen LogP contribution in [-0.2, 0) is 6.42 Å². The first-order valence-corrected chi connectivity index (χ1v) is 7.63. The van der Waals surface area contributed by atoms with Crippen molar-refractivity contribution in [2.24, 2.45) is 5.92 Å². The van der Waals surface area contributed by atoms with E-state index in [0.717, 1.165) is 24.0 Å². The molecule has 0 N–H and O–H groups in total. The summed E-state index contributed by atoms with van der Waals surface area (Å²) < 4.78 is 0. The van der Waals surface area contributed by atoms with Gasteiger partial charge in [0, 0.05) is 11.5 Å². The molecule has 2 rings (SSSR count). The predicted octanol–water partition coefficient (Wildman–Crippen LogP) is 5.25. The highest BCUT2D eigenvalue weighted by atomic mass is 16.1. The second-order valence-electron chi connectivity index (χ2n) is 5.51. The molecule has 0 aliphatic carbocycles. The van der Waals surface area contributed by atoms with Crippen LogP contribution in [0.1, 0.15) is 28.8 Å². The zero-order chi connectivity index (χ0) is 15.8. The molecule has 1 atom stereocenters. The molecule has 0 saturated heterocycles. The Morgan fingerprint density at radius 2 is 1.59 bits per heavy atom. The van der Waals surface area contributed by atoms with Crippen LogP contribution >= 0.6 is 0 Å². The summed E-state index contributed by atoms with van der Waals surface area (Å²) in [6.07, 6.45) is 4.27. The number of carbonyl (C=O) groups is 1. The van der Waals surface area contributed by atoms with E-state index in [1.165, 1.54) is 5.56 Å². The van der Waals surface area contributed by atoms with Crippen molar-refractivity contribution in [1.82, 2.24) is 0 Å². The van der Waals surface area contributed by atoms with Gasteiger partial charge in [0.25, 0.3) is 0 Å². The molecule has 0 aliphatic heterocycles. The lowest BCUT2D eigenvalue weighted by atomic mass is 9.90. The number of rotatable bonds is 8. The number of aryl methyl sites for hydroxylation is 1. The molecule has 0 bridgehead atoms. The van der Waals surface area contributed by atoms with Gasteiger partial charge < -0.3 is 0 Å². The van der Waals surface area contributed by atoms with E-state index in [1.807, 2.05) is 48.5 Å². The van der Waals surface area contributed by atoms with Crippen LogP contribution in [0, 0.1) is 5.92 Å². The number of benzene rings is 2. The van der Waals surface area contributed by atoms with E-state index in [4.69, 9.17) is 0 Å². The Bertz CT molecular complexity index is 625. The standard InChI is InChI=1S/C21H22O/c1-3-19(21(22)20-12-8-5-9-13-20)16-17(2)14-15-18-10-6-4-7-11-18/h3-13,19H,1-2,14-16H2. The van der Waals surface area contributed by atoms with Gasteiger partial charge >= 0.3 is 0 Å². The average Bonchev–Trinajstić information content (AvgIpc) is 2.59. The van der Waals surface area contributed by atoms with Crippen LogP contribution in [0.2, 0.25) is 0 Å². The number of Topliss-reactive ketones (excluding diaryl/α,β-unsaturated/α-hetero) is 1. The van der Waals surface area contributed by atoms with E-state index in [9.17, 15) is 4.79 Å². The van der Waals surface area contributed by atoms with Crippen LogP contribution in [0.25, 0.3) is 0 Å². The average molecular weight is 290 g/mol. The van der Waals surface area contributed by atoms with Crippen molar-refractivity contribution < 1.29 is 4.79 Å². The predicted molar refractivity (Wildman–Crippen MR) is 93.0 cm³/mol. The van der Waals surface area contributed by atoms with Gasteiger partial charge in [-0.1, -0.05) is 78.9 Å². The van der Waals surface area contributed by atoms with E-state index >= 15 is 0 Å². The Morgan fingerprint density at radius 1 is 1.00 bits per heavy atom. The first kappa shape index (κ1) is 16.0. The van der Waals surface area contributed by atoms with Crippen molar-refractivity contribution >= 4 is 5.78 Å². The van der Waals surface area contributed by atoms with E-state index in [-0.39, 0.29) is 11.7 Å². The fourth-order valence-electron chi connectivity index (χ4n) is 2.48. The highest BCUT2D eigenvalue weighted by molar-refractivity contribution is 5.98. The monoisotopic (exact) mass is 290 g/mol. The molecule has 112 valence electrons. The highest BCUT2D eigenvalue weighted by Crippen LogP contribution is 2.20. The SMILES string of the molecule is C=CC(CC(=C)CCc1ccccc1)C(=O)c1ccccc1. The number of allylic oxidation sites excluding steroid dienone is 2. The zero-order valence-corrected chi connectivity index (χ0v) is 12.9. The molecule has 1 nitrogen and oxygen atoms in total. The Morgan fingerprint density at radius 3 is 2.18 bits per heavy atom. The summed E-state index contributed by atoms with van der Waals surface area (Å²) in [7, 11) is 0. The summed E-state index contributed by atoms with van der Waals surface area (Å²) in [5.74, 6) is -0.0675. The van der Waals surface area contributed by atoms with Gasteiger partial charge in [-0.15, -0.1) is 6.58 Å². The van der Waals surface area contributed by atoms with E-state index in [2.05, 4.69) is 25.3 Å². The third kappa shape index (κ3) is 4.56. The van der Waals surface area contributed by atoms with Gasteiger partial charge in [-0.25, -0.2) is 0 Å². The fourth-order valence-corrected chi connectivity index (χ4v) is 2.48. The summed E-state index contributed by atoms with van der Waals surface area (Å²) >= 11 is 0. The molecule has 1 unspecified atom stereocenters. The van der Waals surface area contributed by atoms with Gasteiger partial charge in [0.2, 0.25) is 0 Å². The molecule has 2 aromatic carbocycles. The normalized spacial score (nSPS) is 11.6. The fraction of sp³-hybridized carbons (Fsp3) is 0.190. The van der Waals surface area contributed by atoms with Crippen molar-refractivity contribution in [2.75, 3.05) is 0 Å². The van der Waals surface area contributed by atoms with Gasteiger partial charge in [-0.05, 0) is 24.8 Å². The van der Waals surface area contributed by atoms with E-state index in [1.54, 1.807) is 6.08 Å². The van der Waals surface area contributed by atoms with E-state index < -0.39 is 0 Å². The lowest BCUT2D eigenvalue weighted by molar-refractivity contribution is 0.0944. The molecule has 0 aromatic heterocycles. The van der Waals surface area contributed by atoms with Crippen LogP contribution in [0.15, 0.2) is 85.5 Å². The van der Waals surface area contributed by atoms with Crippen LogP contribution in [0.3, 0.4) is 0 Å². The van der Waals surface area contributed by atoms with Crippen molar-refractivity contribution in [2.45, 2.75) is 19.3 Å². The zero-order valence-electron chi connectivity index (χ0n) is 12.9. The molecule has 0 heterocycles. The lowest BCUT2D eigenvalue weighted by Crippen LogP contribution is -2.13. The van der Waals surface area contributed by atoms with Crippen molar-refractivity contribution in [3.8, 4) is 0 Å². The Labute approximate surface area is 133 Å². The minimum absolute atomic E-state index is 0.122. The minimum atomic E-state index is -0.189. The first-order chi connectivity index (χ1) is 10.7. The smallest absolute Gasteiger partial charge is 0.169 e. The molecule has 0 radical (unpaired) electrons. The van der Waals surface area contributed by atoms with Gasteiger partial charge in [0.1, 0.15) is 0 Å². The second kappa shape index (κ2) is 8.14. The summed E-state index contributed by atoms with van der Waals surface area (Å²) in [5, 5.41) is 0. The third-order valence-corrected chi connectivity index (χ3v) is 3.80. The maximum absolute atomic E-state index is 12.5. The van der Waals surface area contributed by atoms with Crippen molar-refractivity contribution in [3.63, 3.8) is 0 Å². The van der Waals surface area contributed by atoms with Crippen LogP contribution in [0.5, 0.6) is 0 Å². The molecule has 1 heteroatoms. The van der Waals surface area contributed by atoms with Crippen molar-refractivity contribution in [3.05, 3.63) is 96.6 Å². The molecule has 2 aromatic rings. The van der Waals surface area contributed by atoms with Crippen molar-refractivity contribution in [1.29, 1.82) is 0 Å². The molecule has 22 heavy (non-hydrogen) atoms. The first-order valence-electron chi connectivity index (χ1n) is 7.63. The quantitative estimate of drug-likeness (QED) is 0.479. The Balaban J connectivity index is 1.91. The van der Waals surface area contributed by atoms with E-state index in [0.29, 0.717) is 6.42 Å². The third-order valence-electron chi connectivity index (χ3n) is 3.80. The summed E-state index contributed by atoms with van der Waals surface area (Å²) in [4.78, 5) is 12.5. The van der Waals surface area contributed by atoms with Gasteiger partial charge in [-0.2, -0.15) is 0 Å². The van der Waals surface area contributed by atoms with Gasteiger partial charge in [0.15, 0.2) is 5.78 Å². The number of ketones is 1. The van der Waals surface area contributed by atoms with Crippen LogP contribution < -0.4 is 0 Å². The van der Waals surface area contributed by atoms with Gasteiger partial charge in [-0.3, -0.25) is 4.79 Å². The Hall–Kier alpha value is -2.41.